The van der Waals surface area contributed by atoms with E-state index in [1.165, 1.54) is 0 Å². The first kappa shape index (κ1) is 10.3. The number of fused-ring (bicyclic) bond motifs is 1. The maximum atomic E-state index is 9.86. The van der Waals surface area contributed by atoms with Gasteiger partial charge in [0, 0.05) is 0 Å². The molecule has 14 heavy (non-hydrogen) atoms. The van der Waals surface area contributed by atoms with Gasteiger partial charge in [-0.15, -0.1) is 0 Å². The van der Waals surface area contributed by atoms with Crippen LogP contribution in [0, 0.1) is 0 Å². The van der Waals surface area contributed by atoms with Crippen molar-refractivity contribution < 1.29 is 24.4 Å². The minimum Gasteiger partial charge on any atom is -0.393 e. The van der Waals surface area contributed by atoms with Gasteiger partial charge >= 0.3 is 0 Å². The highest BCUT2D eigenvalue weighted by atomic mass is 16.8. The van der Waals surface area contributed by atoms with E-state index in [9.17, 15) is 5.11 Å². The normalized spacial score (nSPS) is 50.8. The Balaban J connectivity index is 2.15. The zero-order valence-corrected chi connectivity index (χ0v) is 8.56. The van der Waals surface area contributed by atoms with Gasteiger partial charge in [0.2, 0.25) is 0 Å². The summed E-state index contributed by atoms with van der Waals surface area (Å²) in [7, 11) is 0. The van der Waals surface area contributed by atoms with Crippen LogP contribution in [0.3, 0.4) is 0 Å². The van der Waals surface area contributed by atoms with Gasteiger partial charge in [-0.05, 0) is 20.8 Å². The molecule has 0 aromatic heterocycles. The Bertz CT molecular complexity index is 241. The van der Waals surface area contributed by atoms with Crippen LogP contribution < -0.4 is 0 Å². The van der Waals surface area contributed by atoms with Crippen LogP contribution in [-0.2, 0) is 14.2 Å². The summed E-state index contributed by atoms with van der Waals surface area (Å²) in [5, 5.41) is 18.9. The fourth-order valence-electron chi connectivity index (χ4n) is 1.88. The molecule has 2 rings (SSSR count). The Morgan fingerprint density at radius 3 is 2.29 bits per heavy atom. The van der Waals surface area contributed by atoms with E-state index in [1.807, 2.05) is 0 Å². The van der Waals surface area contributed by atoms with E-state index in [0.717, 1.165) is 0 Å². The molecule has 4 unspecified atom stereocenters. The van der Waals surface area contributed by atoms with Gasteiger partial charge in [-0.3, -0.25) is 0 Å². The molecule has 5 heteroatoms. The first-order valence-electron chi connectivity index (χ1n) is 4.70. The molecule has 0 amide bonds. The maximum Gasteiger partial charge on any atom is 0.190 e. The zero-order chi connectivity index (χ0) is 10.6. The van der Waals surface area contributed by atoms with Crippen LogP contribution >= 0.6 is 0 Å². The lowest BCUT2D eigenvalue weighted by molar-refractivity contribution is -0.241. The molecule has 0 aromatic carbocycles. The SMILES string of the molecule is CC1(C)OC2OC(C)(CO)C(O)C2O1. The highest BCUT2D eigenvalue weighted by molar-refractivity contribution is 5.00. The molecule has 82 valence electrons. The van der Waals surface area contributed by atoms with E-state index in [0.29, 0.717) is 0 Å². The molecule has 5 nitrogen and oxygen atoms in total. The smallest absolute Gasteiger partial charge is 0.190 e. The summed E-state index contributed by atoms with van der Waals surface area (Å²) < 4.78 is 16.3. The quantitative estimate of drug-likeness (QED) is 0.608. The maximum absolute atomic E-state index is 9.86. The molecule has 0 aromatic rings. The molecule has 2 aliphatic rings. The molecular weight excluding hydrogens is 188 g/mol. The van der Waals surface area contributed by atoms with E-state index >= 15 is 0 Å². The molecule has 0 spiro atoms. The topological polar surface area (TPSA) is 68.2 Å². The molecule has 0 saturated carbocycles. The van der Waals surface area contributed by atoms with Crippen molar-refractivity contribution in [3.8, 4) is 0 Å². The molecule has 2 saturated heterocycles. The summed E-state index contributed by atoms with van der Waals surface area (Å²) in [6.07, 6.45) is -1.96. The molecule has 2 N–H and O–H groups in total. The molecular formula is C9H16O5. The first-order valence-corrected chi connectivity index (χ1v) is 4.70. The van der Waals surface area contributed by atoms with Crippen molar-refractivity contribution in [2.24, 2.45) is 0 Å². The van der Waals surface area contributed by atoms with Gasteiger partial charge in [0.05, 0.1) is 6.61 Å². The van der Waals surface area contributed by atoms with Crippen LogP contribution in [0.1, 0.15) is 20.8 Å². The van der Waals surface area contributed by atoms with Gasteiger partial charge < -0.3 is 24.4 Å². The average molecular weight is 204 g/mol. The van der Waals surface area contributed by atoms with Crippen molar-refractivity contribution in [3.63, 3.8) is 0 Å². The lowest BCUT2D eigenvalue weighted by atomic mass is 9.99. The summed E-state index contributed by atoms with van der Waals surface area (Å²) in [4.78, 5) is 0. The van der Waals surface area contributed by atoms with E-state index in [4.69, 9.17) is 19.3 Å². The molecule has 2 heterocycles. The van der Waals surface area contributed by atoms with Gasteiger partial charge in [-0.1, -0.05) is 0 Å². The van der Waals surface area contributed by atoms with Crippen molar-refractivity contribution in [3.05, 3.63) is 0 Å². The van der Waals surface area contributed by atoms with Crippen LogP contribution in [0.25, 0.3) is 0 Å². The second-order valence-electron chi connectivity index (χ2n) is 4.50. The molecule has 4 atom stereocenters. The van der Waals surface area contributed by atoms with Crippen LogP contribution in [0.15, 0.2) is 0 Å². The van der Waals surface area contributed by atoms with Gasteiger partial charge in [0.15, 0.2) is 12.1 Å². The third kappa shape index (κ3) is 1.36. The summed E-state index contributed by atoms with van der Waals surface area (Å²) in [5.41, 5.74) is -0.980. The lowest BCUT2D eigenvalue weighted by Gasteiger charge is -2.29. The predicted molar refractivity (Wildman–Crippen MR) is 46.4 cm³/mol. The number of aliphatic hydroxyl groups excluding tert-OH is 2. The van der Waals surface area contributed by atoms with Gasteiger partial charge in [0.25, 0.3) is 0 Å². The predicted octanol–water partition coefficient (Wildman–Crippen LogP) is -0.394. The largest absolute Gasteiger partial charge is 0.393 e. The monoisotopic (exact) mass is 204 g/mol. The Hall–Kier alpha value is -0.200. The second-order valence-corrected chi connectivity index (χ2v) is 4.50. The fraction of sp³-hybridized carbons (Fsp3) is 1.00. The van der Waals surface area contributed by atoms with Crippen molar-refractivity contribution in [2.75, 3.05) is 6.61 Å². The number of hydrogen-bond donors (Lipinski definition) is 2. The van der Waals surface area contributed by atoms with Crippen LogP contribution in [-0.4, -0.2) is 46.7 Å². The number of rotatable bonds is 1. The van der Waals surface area contributed by atoms with E-state index in [-0.39, 0.29) is 6.61 Å². The average Bonchev–Trinajstić information content (AvgIpc) is 2.48. The minimum atomic E-state index is -0.980. The summed E-state index contributed by atoms with van der Waals surface area (Å²) in [6, 6.07) is 0. The number of aliphatic hydroxyl groups is 2. The second kappa shape index (κ2) is 2.90. The fourth-order valence-corrected chi connectivity index (χ4v) is 1.88. The van der Waals surface area contributed by atoms with Crippen molar-refractivity contribution >= 4 is 0 Å². The summed E-state index contributed by atoms with van der Waals surface area (Å²) in [5.74, 6) is -0.729. The number of hydrogen-bond acceptors (Lipinski definition) is 5. The molecule has 2 aliphatic heterocycles. The molecule has 0 radical (unpaired) electrons. The Morgan fingerprint density at radius 2 is 1.79 bits per heavy atom. The van der Waals surface area contributed by atoms with Crippen LogP contribution in [0.4, 0.5) is 0 Å². The molecule has 0 bridgehead atoms. The zero-order valence-electron chi connectivity index (χ0n) is 8.56. The van der Waals surface area contributed by atoms with E-state index in [2.05, 4.69) is 0 Å². The minimum absolute atomic E-state index is 0.256. The van der Waals surface area contributed by atoms with Crippen molar-refractivity contribution in [2.45, 2.75) is 50.7 Å². The van der Waals surface area contributed by atoms with Crippen molar-refractivity contribution in [1.82, 2.24) is 0 Å². The highest BCUT2D eigenvalue weighted by Crippen LogP contribution is 2.41. The number of ether oxygens (including phenoxy) is 3. The standard InChI is InChI=1S/C9H16O5/c1-8(2)12-5-6(11)9(3,4-10)14-7(5)13-8/h5-7,10-11H,4H2,1-3H3. The Morgan fingerprint density at radius 1 is 1.14 bits per heavy atom. The third-order valence-corrected chi connectivity index (χ3v) is 2.72. The van der Waals surface area contributed by atoms with Crippen molar-refractivity contribution in [1.29, 1.82) is 0 Å². The first-order chi connectivity index (χ1) is 6.38. The van der Waals surface area contributed by atoms with E-state index < -0.39 is 29.9 Å². The summed E-state index contributed by atoms with van der Waals surface area (Å²) >= 11 is 0. The Labute approximate surface area is 82.6 Å². The Kier molecular flexibility index (Phi) is 2.14. The van der Waals surface area contributed by atoms with Gasteiger partial charge in [-0.25, -0.2) is 0 Å². The van der Waals surface area contributed by atoms with Gasteiger partial charge in [0.1, 0.15) is 17.8 Å². The summed E-state index contributed by atoms with van der Waals surface area (Å²) in [6.45, 7) is 4.90. The molecule has 0 aliphatic carbocycles. The molecule has 2 fully saturated rings. The van der Waals surface area contributed by atoms with Crippen LogP contribution in [0.2, 0.25) is 0 Å². The highest BCUT2D eigenvalue weighted by Gasteiger charge is 2.59. The van der Waals surface area contributed by atoms with Gasteiger partial charge in [-0.2, -0.15) is 0 Å². The van der Waals surface area contributed by atoms with E-state index in [1.54, 1.807) is 20.8 Å². The van der Waals surface area contributed by atoms with Crippen LogP contribution in [0.5, 0.6) is 0 Å². The lowest BCUT2D eigenvalue weighted by Crippen LogP contribution is -2.45. The third-order valence-electron chi connectivity index (χ3n) is 2.72.